The fraction of sp³-hybridized carbons (Fsp3) is 0.500. The van der Waals surface area contributed by atoms with Gasteiger partial charge in [0.05, 0.1) is 24.2 Å². The molecule has 0 spiro atoms. The number of aryl methyl sites for hydroxylation is 1. The number of H-pyrrole nitrogens is 1. The molecule has 0 bridgehead atoms. The number of aliphatic hydroxyl groups is 1. The lowest BCUT2D eigenvalue weighted by molar-refractivity contribution is -0.131. The molecular weight excluding hydrogens is 298 g/mol. The molecule has 1 aromatic carbocycles. The molecular formula is C16H21N3O4. The Balaban J connectivity index is 1.68. The number of amides is 1. The van der Waals surface area contributed by atoms with Crippen molar-refractivity contribution in [2.24, 2.45) is 5.92 Å². The summed E-state index contributed by atoms with van der Waals surface area (Å²) in [5, 5.41) is 9.28. The Morgan fingerprint density at radius 2 is 2.22 bits per heavy atom. The van der Waals surface area contributed by atoms with Gasteiger partial charge in [-0.2, -0.15) is 0 Å². The number of para-hydroxylation sites is 2. The van der Waals surface area contributed by atoms with Crippen molar-refractivity contribution in [1.82, 2.24) is 14.5 Å². The van der Waals surface area contributed by atoms with E-state index >= 15 is 0 Å². The number of imidazole rings is 1. The molecule has 2 N–H and O–H groups in total. The highest BCUT2D eigenvalue weighted by Gasteiger charge is 2.22. The molecule has 1 aliphatic rings. The number of rotatable bonds is 4. The van der Waals surface area contributed by atoms with Crippen LogP contribution in [0, 0.1) is 5.92 Å². The molecule has 23 heavy (non-hydrogen) atoms. The van der Waals surface area contributed by atoms with Crippen molar-refractivity contribution in [3.8, 4) is 0 Å². The van der Waals surface area contributed by atoms with Crippen LogP contribution in [-0.2, 0) is 16.1 Å². The van der Waals surface area contributed by atoms with Crippen LogP contribution in [0.25, 0.3) is 11.0 Å². The first kappa shape index (κ1) is 15.8. The fourth-order valence-electron chi connectivity index (χ4n) is 2.91. The number of hydrogen-bond donors (Lipinski definition) is 2. The summed E-state index contributed by atoms with van der Waals surface area (Å²) in [6, 6.07) is 7.43. The van der Waals surface area contributed by atoms with Crippen molar-refractivity contribution in [3.63, 3.8) is 0 Å². The quantitative estimate of drug-likeness (QED) is 0.842. The minimum absolute atomic E-state index is 0.00564. The van der Waals surface area contributed by atoms with E-state index in [0.717, 1.165) is 11.0 Å². The maximum atomic E-state index is 12.4. The minimum atomic E-state index is -0.202. The Morgan fingerprint density at radius 3 is 3.04 bits per heavy atom. The molecule has 1 saturated heterocycles. The van der Waals surface area contributed by atoms with Gasteiger partial charge in [-0.05, 0) is 12.1 Å². The number of carbonyl (C=O) groups excluding carboxylic acids is 1. The lowest BCUT2D eigenvalue weighted by Crippen LogP contribution is -2.37. The molecule has 2 aromatic rings. The average molecular weight is 319 g/mol. The first-order valence-corrected chi connectivity index (χ1v) is 7.83. The van der Waals surface area contributed by atoms with Gasteiger partial charge in [0.15, 0.2) is 0 Å². The van der Waals surface area contributed by atoms with Gasteiger partial charge in [-0.3, -0.25) is 9.36 Å². The molecule has 1 fully saturated rings. The largest absolute Gasteiger partial charge is 0.396 e. The Morgan fingerprint density at radius 1 is 1.39 bits per heavy atom. The number of aromatic amines is 1. The third-order valence-corrected chi connectivity index (χ3v) is 4.18. The van der Waals surface area contributed by atoms with Crippen LogP contribution in [0.5, 0.6) is 0 Å². The molecule has 0 aliphatic carbocycles. The Labute approximate surface area is 133 Å². The first-order chi connectivity index (χ1) is 11.2. The molecule has 0 unspecified atom stereocenters. The zero-order valence-corrected chi connectivity index (χ0v) is 12.9. The normalized spacial score (nSPS) is 19.0. The fourth-order valence-corrected chi connectivity index (χ4v) is 2.91. The van der Waals surface area contributed by atoms with Gasteiger partial charge in [0, 0.05) is 38.6 Å². The van der Waals surface area contributed by atoms with Gasteiger partial charge in [0.25, 0.3) is 0 Å². The molecule has 1 atom stereocenters. The number of aliphatic hydroxyl groups excluding tert-OH is 1. The molecule has 1 aliphatic heterocycles. The predicted octanol–water partition coefficient (Wildman–Crippen LogP) is 0.187. The van der Waals surface area contributed by atoms with Crippen LogP contribution in [0.1, 0.15) is 6.42 Å². The lowest BCUT2D eigenvalue weighted by Gasteiger charge is -2.22. The zero-order valence-electron chi connectivity index (χ0n) is 12.9. The van der Waals surface area contributed by atoms with Gasteiger partial charge in [-0.1, -0.05) is 12.1 Å². The maximum Gasteiger partial charge on any atom is 0.326 e. The van der Waals surface area contributed by atoms with Crippen LogP contribution in [-0.4, -0.2) is 58.4 Å². The van der Waals surface area contributed by atoms with Crippen LogP contribution in [0.3, 0.4) is 0 Å². The van der Waals surface area contributed by atoms with E-state index in [2.05, 4.69) is 4.98 Å². The summed E-state index contributed by atoms with van der Waals surface area (Å²) in [4.78, 5) is 28.9. The molecule has 1 aromatic heterocycles. The second-order valence-corrected chi connectivity index (χ2v) is 5.81. The molecule has 124 valence electrons. The summed E-state index contributed by atoms with van der Waals surface area (Å²) in [7, 11) is 0. The zero-order chi connectivity index (χ0) is 16.2. The van der Waals surface area contributed by atoms with E-state index in [1.807, 2.05) is 24.3 Å². The molecule has 3 rings (SSSR count). The monoisotopic (exact) mass is 319 g/mol. The third-order valence-electron chi connectivity index (χ3n) is 4.18. The average Bonchev–Trinajstić information content (AvgIpc) is 2.74. The van der Waals surface area contributed by atoms with E-state index in [1.165, 1.54) is 0 Å². The second kappa shape index (κ2) is 6.97. The third kappa shape index (κ3) is 3.46. The highest BCUT2D eigenvalue weighted by Crippen LogP contribution is 2.11. The first-order valence-electron chi connectivity index (χ1n) is 7.83. The Kier molecular flexibility index (Phi) is 4.78. The van der Waals surface area contributed by atoms with Crippen LogP contribution in [0.15, 0.2) is 29.1 Å². The van der Waals surface area contributed by atoms with E-state index in [4.69, 9.17) is 4.74 Å². The Bertz CT molecular complexity index is 736. The SMILES string of the molecule is O=C(CCn1c(=O)[nH]c2ccccc21)N1CCOC[C@@H](CO)C1. The topological polar surface area (TPSA) is 87.6 Å². The van der Waals surface area contributed by atoms with E-state index in [-0.39, 0.29) is 30.5 Å². The summed E-state index contributed by atoms with van der Waals surface area (Å²) in [6.45, 7) is 2.32. The van der Waals surface area contributed by atoms with Crippen molar-refractivity contribution in [2.45, 2.75) is 13.0 Å². The summed E-state index contributed by atoms with van der Waals surface area (Å²) in [5.74, 6) is -0.0663. The molecule has 7 heteroatoms. The van der Waals surface area contributed by atoms with Crippen molar-refractivity contribution in [3.05, 3.63) is 34.7 Å². The van der Waals surface area contributed by atoms with Crippen LogP contribution < -0.4 is 5.69 Å². The van der Waals surface area contributed by atoms with E-state index in [9.17, 15) is 14.7 Å². The van der Waals surface area contributed by atoms with Gasteiger partial charge in [0.1, 0.15) is 0 Å². The van der Waals surface area contributed by atoms with Gasteiger partial charge < -0.3 is 19.7 Å². The minimum Gasteiger partial charge on any atom is -0.396 e. The number of hydrogen-bond acceptors (Lipinski definition) is 4. The van der Waals surface area contributed by atoms with Gasteiger partial charge in [-0.15, -0.1) is 0 Å². The standard InChI is InChI=1S/C16H21N3O4/c20-10-12-9-18(7-8-23-11-12)15(21)5-6-19-14-4-2-1-3-13(14)17-16(19)22/h1-4,12,20H,5-11H2,(H,17,22)/t12-/m1/s1. The van der Waals surface area contributed by atoms with Crippen LogP contribution >= 0.6 is 0 Å². The summed E-state index contributed by atoms with van der Waals surface area (Å²) in [6.07, 6.45) is 0.250. The van der Waals surface area contributed by atoms with Gasteiger partial charge in [0.2, 0.25) is 5.91 Å². The second-order valence-electron chi connectivity index (χ2n) is 5.81. The Hall–Kier alpha value is -2.12. The highest BCUT2D eigenvalue weighted by atomic mass is 16.5. The predicted molar refractivity (Wildman–Crippen MR) is 85.2 cm³/mol. The maximum absolute atomic E-state index is 12.4. The molecule has 7 nitrogen and oxygen atoms in total. The molecule has 1 amide bonds. The number of carbonyl (C=O) groups is 1. The number of fused-ring (bicyclic) bond motifs is 1. The van der Waals surface area contributed by atoms with Crippen molar-refractivity contribution < 1.29 is 14.6 Å². The van der Waals surface area contributed by atoms with Crippen molar-refractivity contribution in [2.75, 3.05) is 32.9 Å². The van der Waals surface area contributed by atoms with Gasteiger partial charge in [-0.25, -0.2) is 4.79 Å². The molecule has 0 radical (unpaired) electrons. The highest BCUT2D eigenvalue weighted by molar-refractivity contribution is 5.77. The smallest absolute Gasteiger partial charge is 0.326 e. The number of nitrogens with one attached hydrogen (secondary N) is 1. The van der Waals surface area contributed by atoms with E-state index < -0.39 is 0 Å². The number of benzene rings is 1. The van der Waals surface area contributed by atoms with E-state index in [0.29, 0.717) is 32.8 Å². The number of ether oxygens (including phenoxy) is 1. The lowest BCUT2D eigenvalue weighted by atomic mass is 10.1. The summed E-state index contributed by atoms with van der Waals surface area (Å²) >= 11 is 0. The molecule has 2 heterocycles. The van der Waals surface area contributed by atoms with Crippen molar-refractivity contribution in [1.29, 1.82) is 0 Å². The summed E-state index contributed by atoms with van der Waals surface area (Å²) < 4.78 is 6.98. The number of nitrogens with zero attached hydrogens (tertiary/aromatic N) is 2. The summed E-state index contributed by atoms with van der Waals surface area (Å²) in [5.41, 5.74) is 1.37. The van der Waals surface area contributed by atoms with Crippen LogP contribution in [0.4, 0.5) is 0 Å². The van der Waals surface area contributed by atoms with E-state index in [1.54, 1.807) is 9.47 Å². The van der Waals surface area contributed by atoms with Crippen LogP contribution in [0.2, 0.25) is 0 Å². The molecule has 0 saturated carbocycles. The van der Waals surface area contributed by atoms with Gasteiger partial charge >= 0.3 is 5.69 Å². The van der Waals surface area contributed by atoms with Crippen molar-refractivity contribution >= 4 is 16.9 Å². The number of aromatic nitrogens is 2.